The second-order valence-corrected chi connectivity index (χ2v) is 8.75. The SMILES string of the molecule is CNc1ncc2cc(-c3ccc(-c4cccc(C)n4)cc3C)c(=O)n(C[C@H]3OC[C@H](N)CO3)c2n1. The van der Waals surface area contributed by atoms with Crippen molar-refractivity contribution in [2.75, 3.05) is 25.6 Å². The molecule has 3 aromatic heterocycles. The zero-order valence-corrected chi connectivity index (χ0v) is 20.0. The molecule has 1 saturated heterocycles. The van der Waals surface area contributed by atoms with Crippen LogP contribution in [-0.4, -0.2) is 52.1 Å². The van der Waals surface area contributed by atoms with Gasteiger partial charge in [0.2, 0.25) is 5.95 Å². The number of benzene rings is 1. The van der Waals surface area contributed by atoms with Crippen LogP contribution in [-0.2, 0) is 16.0 Å². The van der Waals surface area contributed by atoms with Crippen molar-refractivity contribution in [2.45, 2.75) is 32.7 Å². The first-order valence-electron chi connectivity index (χ1n) is 11.5. The number of nitrogens with two attached hydrogens (primary N) is 1. The van der Waals surface area contributed by atoms with Crippen LogP contribution in [0.5, 0.6) is 0 Å². The topological polar surface area (TPSA) is 117 Å². The quantitative estimate of drug-likeness (QED) is 0.455. The van der Waals surface area contributed by atoms with Gasteiger partial charge in [-0.2, -0.15) is 4.98 Å². The number of aryl methyl sites for hydroxylation is 2. The van der Waals surface area contributed by atoms with E-state index in [1.807, 2.05) is 50.2 Å². The molecule has 9 heteroatoms. The highest BCUT2D eigenvalue weighted by Crippen LogP contribution is 2.28. The predicted octanol–water partition coefficient (Wildman–Crippen LogP) is 2.88. The van der Waals surface area contributed by atoms with Crippen LogP contribution in [0.25, 0.3) is 33.4 Å². The van der Waals surface area contributed by atoms with Crippen LogP contribution < -0.4 is 16.6 Å². The van der Waals surface area contributed by atoms with E-state index in [0.29, 0.717) is 30.4 Å². The third-order valence-electron chi connectivity index (χ3n) is 6.08. The summed E-state index contributed by atoms with van der Waals surface area (Å²) in [5, 5.41) is 3.68. The Morgan fingerprint density at radius 3 is 2.60 bits per heavy atom. The fourth-order valence-corrected chi connectivity index (χ4v) is 4.28. The summed E-state index contributed by atoms with van der Waals surface area (Å²) < 4.78 is 13.1. The third kappa shape index (κ3) is 4.66. The molecule has 3 N–H and O–H groups in total. The number of pyridine rings is 2. The van der Waals surface area contributed by atoms with E-state index >= 15 is 0 Å². The molecule has 0 saturated carbocycles. The fourth-order valence-electron chi connectivity index (χ4n) is 4.28. The molecule has 0 unspecified atom stereocenters. The van der Waals surface area contributed by atoms with E-state index in [1.165, 1.54) is 0 Å². The molecular weight excluding hydrogens is 444 g/mol. The summed E-state index contributed by atoms with van der Waals surface area (Å²) in [7, 11) is 1.74. The maximum Gasteiger partial charge on any atom is 0.260 e. The van der Waals surface area contributed by atoms with Crippen molar-refractivity contribution in [1.29, 1.82) is 0 Å². The van der Waals surface area contributed by atoms with Crippen LogP contribution in [0.4, 0.5) is 5.95 Å². The molecule has 9 nitrogen and oxygen atoms in total. The number of anilines is 1. The average Bonchev–Trinajstić information content (AvgIpc) is 2.86. The molecule has 35 heavy (non-hydrogen) atoms. The van der Waals surface area contributed by atoms with Crippen molar-refractivity contribution in [3.05, 3.63) is 70.3 Å². The van der Waals surface area contributed by atoms with Crippen molar-refractivity contribution in [3.8, 4) is 22.4 Å². The van der Waals surface area contributed by atoms with Gasteiger partial charge < -0.3 is 20.5 Å². The zero-order valence-electron chi connectivity index (χ0n) is 20.0. The van der Waals surface area contributed by atoms with Crippen molar-refractivity contribution in [2.24, 2.45) is 5.73 Å². The minimum Gasteiger partial charge on any atom is -0.357 e. The Morgan fingerprint density at radius 1 is 1.09 bits per heavy atom. The van der Waals surface area contributed by atoms with Crippen LogP contribution >= 0.6 is 0 Å². The average molecular weight is 473 g/mol. The molecular formula is C26H28N6O3. The normalized spacial score (nSPS) is 18.1. The molecule has 4 heterocycles. The van der Waals surface area contributed by atoms with Gasteiger partial charge in [-0.15, -0.1) is 0 Å². The largest absolute Gasteiger partial charge is 0.357 e. The molecule has 5 rings (SSSR count). The Balaban J connectivity index is 1.61. The molecule has 1 aromatic carbocycles. The lowest BCUT2D eigenvalue weighted by Crippen LogP contribution is -2.43. The second-order valence-electron chi connectivity index (χ2n) is 8.75. The lowest BCUT2D eigenvalue weighted by molar-refractivity contribution is -0.191. The standard InChI is InChI=1S/C26H28N6O3/c1-15-9-17(22-6-4-5-16(2)30-22)7-8-20(15)21-10-18-11-29-26(28-3)31-24(18)32(25(21)33)12-23-34-13-19(27)14-35-23/h4-11,19,23H,12-14,27H2,1-3H3,(H,28,29,31)/t19-,23-. The van der Waals surface area contributed by atoms with Crippen LogP contribution in [0.1, 0.15) is 11.3 Å². The summed E-state index contributed by atoms with van der Waals surface area (Å²) in [6.45, 7) is 4.91. The summed E-state index contributed by atoms with van der Waals surface area (Å²) in [5.74, 6) is 0.428. The molecule has 180 valence electrons. The number of fused-ring (bicyclic) bond motifs is 1. The number of ether oxygens (including phenoxy) is 2. The number of rotatable bonds is 5. The van der Waals surface area contributed by atoms with E-state index in [2.05, 4.69) is 26.3 Å². The number of hydrogen-bond acceptors (Lipinski definition) is 8. The van der Waals surface area contributed by atoms with Gasteiger partial charge in [-0.1, -0.05) is 18.2 Å². The molecule has 1 aliphatic heterocycles. The van der Waals surface area contributed by atoms with Gasteiger partial charge in [0.05, 0.1) is 31.5 Å². The van der Waals surface area contributed by atoms with Crippen molar-refractivity contribution >= 4 is 17.0 Å². The van der Waals surface area contributed by atoms with Gasteiger partial charge in [0.15, 0.2) is 6.29 Å². The van der Waals surface area contributed by atoms with Crippen LogP contribution in [0.15, 0.2) is 53.5 Å². The molecule has 0 spiro atoms. The van der Waals surface area contributed by atoms with E-state index in [-0.39, 0.29) is 18.1 Å². The van der Waals surface area contributed by atoms with Gasteiger partial charge in [0, 0.05) is 35.5 Å². The van der Waals surface area contributed by atoms with Crippen LogP contribution in [0.2, 0.25) is 0 Å². The lowest BCUT2D eigenvalue weighted by Gasteiger charge is -2.28. The minimum atomic E-state index is -0.588. The second kappa shape index (κ2) is 9.53. The van der Waals surface area contributed by atoms with Gasteiger partial charge in [-0.25, -0.2) is 4.98 Å². The highest BCUT2D eigenvalue weighted by atomic mass is 16.7. The number of nitrogens with zero attached hydrogens (tertiary/aromatic N) is 4. The van der Waals surface area contributed by atoms with Crippen LogP contribution in [0.3, 0.4) is 0 Å². The molecule has 1 aliphatic rings. The first-order valence-corrected chi connectivity index (χ1v) is 11.5. The summed E-state index contributed by atoms with van der Waals surface area (Å²) in [6, 6.07) is 13.6. The number of hydrogen-bond donors (Lipinski definition) is 2. The number of nitrogens with one attached hydrogen (secondary N) is 1. The molecule has 0 amide bonds. The smallest absolute Gasteiger partial charge is 0.260 e. The highest BCUT2D eigenvalue weighted by Gasteiger charge is 2.23. The Labute approximate surface area is 203 Å². The lowest BCUT2D eigenvalue weighted by atomic mass is 9.97. The van der Waals surface area contributed by atoms with E-state index in [0.717, 1.165) is 33.5 Å². The summed E-state index contributed by atoms with van der Waals surface area (Å²) in [6.07, 6.45) is 1.13. The van der Waals surface area contributed by atoms with Gasteiger partial charge in [-0.05, 0) is 49.2 Å². The first kappa shape index (κ1) is 23.1. The molecule has 1 fully saturated rings. The van der Waals surface area contributed by atoms with E-state index in [4.69, 9.17) is 15.2 Å². The van der Waals surface area contributed by atoms with Gasteiger partial charge in [0.25, 0.3) is 5.56 Å². The van der Waals surface area contributed by atoms with Crippen molar-refractivity contribution in [1.82, 2.24) is 19.5 Å². The van der Waals surface area contributed by atoms with E-state index in [9.17, 15) is 4.79 Å². The Hall–Kier alpha value is -3.66. The molecule has 0 atom stereocenters. The molecule has 0 radical (unpaired) electrons. The number of aromatic nitrogens is 4. The maximum absolute atomic E-state index is 13.8. The van der Waals surface area contributed by atoms with Crippen LogP contribution in [0, 0.1) is 13.8 Å². The monoisotopic (exact) mass is 472 g/mol. The molecule has 0 aliphatic carbocycles. The Bertz CT molecular complexity index is 1440. The molecule has 4 aromatic rings. The Kier molecular flexibility index (Phi) is 6.29. The van der Waals surface area contributed by atoms with Gasteiger partial charge >= 0.3 is 0 Å². The first-order chi connectivity index (χ1) is 16.9. The Morgan fingerprint density at radius 2 is 1.89 bits per heavy atom. The minimum absolute atomic E-state index is 0.173. The van der Waals surface area contributed by atoms with Crippen molar-refractivity contribution in [3.63, 3.8) is 0 Å². The van der Waals surface area contributed by atoms with E-state index < -0.39 is 6.29 Å². The molecule has 0 bridgehead atoms. The summed E-state index contributed by atoms with van der Waals surface area (Å²) >= 11 is 0. The van der Waals surface area contributed by atoms with Gasteiger partial charge in [0.1, 0.15) is 5.65 Å². The summed E-state index contributed by atoms with van der Waals surface area (Å²) in [4.78, 5) is 27.3. The zero-order chi connectivity index (χ0) is 24.5. The third-order valence-corrected chi connectivity index (χ3v) is 6.08. The highest BCUT2D eigenvalue weighted by molar-refractivity contribution is 5.83. The van der Waals surface area contributed by atoms with Crippen molar-refractivity contribution < 1.29 is 9.47 Å². The summed E-state index contributed by atoms with van der Waals surface area (Å²) in [5.41, 5.74) is 11.4. The predicted molar refractivity (Wildman–Crippen MR) is 135 cm³/mol. The maximum atomic E-state index is 13.8. The van der Waals surface area contributed by atoms with E-state index in [1.54, 1.807) is 17.8 Å². The fraction of sp³-hybridized carbons (Fsp3) is 0.308. The van der Waals surface area contributed by atoms with Gasteiger partial charge in [-0.3, -0.25) is 14.3 Å².